The molecule has 2 N–H and O–H groups in total. The Bertz CT molecular complexity index is 547. The largest absolute Gasteiger partial charge is 0.480 e. The SMILES string of the molecule is O=C(O)C1CSCN1C(=O)Nc1c(F)cc(F)cc1F. The normalized spacial score (nSPS) is 18.1. The molecule has 0 aliphatic carbocycles. The predicted molar refractivity (Wildman–Crippen MR) is 65.9 cm³/mol. The number of benzene rings is 1. The zero-order valence-electron chi connectivity index (χ0n) is 9.90. The number of urea groups is 1. The van der Waals surface area contributed by atoms with E-state index in [2.05, 4.69) is 0 Å². The highest BCUT2D eigenvalue weighted by Gasteiger charge is 2.35. The summed E-state index contributed by atoms with van der Waals surface area (Å²) in [6.45, 7) is 0. The molecule has 5 nitrogen and oxygen atoms in total. The van der Waals surface area contributed by atoms with Crippen LogP contribution in [0, 0.1) is 17.5 Å². The highest BCUT2D eigenvalue weighted by molar-refractivity contribution is 7.99. The van der Waals surface area contributed by atoms with Gasteiger partial charge in [-0.1, -0.05) is 0 Å². The minimum atomic E-state index is -1.27. The fourth-order valence-electron chi connectivity index (χ4n) is 1.69. The molecular formula is C11H9F3N2O3S. The Labute approximate surface area is 115 Å². The van der Waals surface area contributed by atoms with Gasteiger partial charge in [-0.05, 0) is 0 Å². The van der Waals surface area contributed by atoms with Crippen LogP contribution in [0.5, 0.6) is 0 Å². The molecule has 9 heteroatoms. The van der Waals surface area contributed by atoms with E-state index in [1.54, 1.807) is 0 Å². The van der Waals surface area contributed by atoms with Gasteiger partial charge in [0.1, 0.15) is 17.5 Å². The minimum Gasteiger partial charge on any atom is -0.480 e. The Hall–Kier alpha value is -1.90. The molecule has 1 atom stereocenters. The van der Waals surface area contributed by atoms with Crippen molar-refractivity contribution in [2.75, 3.05) is 16.9 Å². The number of halogens is 3. The molecule has 2 rings (SSSR count). The van der Waals surface area contributed by atoms with E-state index < -0.39 is 41.2 Å². The second-order valence-electron chi connectivity index (χ2n) is 4.00. The molecule has 1 aromatic carbocycles. The van der Waals surface area contributed by atoms with Gasteiger partial charge in [0.2, 0.25) is 0 Å². The maximum Gasteiger partial charge on any atom is 0.327 e. The summed E-state index contributed by atoms with van der Waals surface area (Å²) in [6.07, 6.45) is 0. The van der Waals surface area contributed by atoms with Gasteiger partial charge in [-0.3, -0.25) is 0 Å². The molecule has 0 bridgehead atoms. The average Bonchev–Trinajstić information content (AvgIpc) is 2.82. The zero-order chi connectivity index (χ0) is 14.9. The van der Waals surface area contributed by atoms with E-state index in [1.807, 2.05) is 5.32 Å². The van der Waals surface area contributed by atoms with E-state index >= 15 is 0 Å². The van der Waals surface area contributed by atoms with E-state index in [-0.39, 0.29) is 11.6 Å². The van der Waals surface area contributed by atoms with Crippen molar-refractivity contribution in [3.63, 3.8) is 0 Å². The van der Waals surface area contributed by atoms with Crippen molar-refractivity contribution in [1.29, 1.82) is 0 Å². The number of thioether (sulfide) groups is 1. The van der Waals surface area contributed by atoms with Crippen molar-refractivity contribution in [1.82, 2.24) is 4.90 Å². The number of hydrogen-bond donors (Lipinski definition) is 2. The number of aliphatic carboxylic acids is 1. The first kappa shape index (κ1) is 14.5. The minimum absolute atomic E-state index is 0.0905. The summed E-state index contributed by atoms with van der Waals surface area (Å²) in [4.78, 5) is 23.7. The third-order valence-corrected chi connectivity index (χ3v) is 3.68. The van der Waals surface area contributed by atoms with Crippen molar-refractivity contribution in [3.05, 3.63) is 29.6 Å². The lowest BCUT2D eigenvalue weighted by Crippen LogP contribution is -2.44. The molecule has 1 saturated heterocycles. The van der Waals surface area contributed by atoms with Crippen LogP contribution in [-0.4, -0.2) is 39.7 Å². The number of anilines is 1. The monoisotopic (exact) mass is 306 g/mol. The number of carbonyl (C=O) groups excluding carboxylic acids is 1. The molecule has 1 aliphatic heterocycles. The zero-order valence-corrected chi connectivity index (χ0v) is 10.7. The first-order valence-electron chi connectivity index (χ1n) is 5.43. The molecule has 1 fully saturated rings. The number of carbonyl (C=O) groups is 2. The van der Waals surface area contributed by atoms with Gasteiger partial charge in [0.25, 0.3) is 0 Å². The van der Waals surface area contributed by atoms with Crippen LogP contribution in [0.2, 0.25) is 0 Å². The summed E-state index contributed by atoms with van der Waals surface area (Å²) < 4.78 is 39.5. The number of hydrogen-bond acceptors (Lipinski definition) is 3. The molecular weight excluding hydrogens is 297 g/mol. The number of carboxylic acid groups (broad SMARTS) is 1. The first-order valence-corrected chi connectivity index (χ1v) is 6.58. The number of rotatable bonds is 2. The summed E-state index contributed by atoms with van der Waals surface area (Å²) in [7, 11) is 0. The first-order chi connectivity index (χ1) is 9.40. The standard InChI is InChI=1S/C11H9F3N2O3S/c12-5-1-6(13)9(7(14)2-5)15-11(19)16-4-20-3-8(16)10(17)18/h1-2,8H,3-4H2,(H,15,19)(H,17,18). The van der Waals surface area contributed by atoms with Crippen LogP contribution in [0.4, 0.5) is 23.7 Å². The Balaban J connectivity index is 2.18. The Morgan fingerprint density at radius 3 is 2.45 bits per heavy atom. The van der Waals surface area contributed by atoms with Crippen molar-refractivity contribution in [2.45, 2.75) is 6.04 Å². The molecule has 2 amide bonds. The van der Waals surface area contributed by atoms with Gasteiger partial charge in [0, 0.05) is 17.9 Å². The van der Waals surface area contributed by atoms with Gasteiger partial charge in [0.05, 0.1) is 5.88 Å². The fourth-order valence-corrected chi connectivity index (χ4v) is 2.83. The van der Waals surface area contributed by atoms with Gasteiger partial charge in [0.15, 0.2) is 11.6 Å². The van der Waals surface area contributed by atoms with Crippen molar-refractivity contribution in [3.8, 4) is 0 Å². The summed E-state index contributed by atoms with van der Waals surface area (Å²) >= 11 is 1.21. The molecule has 0 aromatic heterocycles. The fraction of sp³-hybridized carbons (Fsp3) is 0.273. The molecule has 1 unspecified atom stereocenters. The molecule has 0 spiro atoms. The van der Waals surface area contributed by atoms with Crippen LogP contribution in [0.1, 0.15) is 0 Å². The quantitative estimate of drug-likeness (QED) is 0.878. The third-order valence-electron chi connectivity index (χ3n) is 2.67. The summed E-state index contributed by atoms with van der Waals surface area (Å²) in [5.41, 5.74) is -0.808. The second kappa shape index (κ2) is 5.61. The van der Waals surface area contributed by atoms with Gasteiger partial charge < -0.3 is 15.3 Å². The van der Waals surface area contributed by atoms with Crippen LogP contribution in [-0.2, 0) is 4.79 Å². The van der Waals surface area contributed by atoms with Crippen LogP contribution in [0.15, 0.2) is 12.1 Å². The van der Waals surface area contributed by atoms with Crippen molar-refractivity contribution in [2.24, 2.45) is 0 Å². The van der Waals surface area contributed by atoms with Gasteiger partial charge >= 0.3 is 12.0 Å². The molecule has 0 saturated carbocycles. The lowest BCUT2D eigenvalue weighted by molar-refractivity contribution is -0.140. The number of amides is 2. The van der Waals surface area contributed by atoms with Crippen molar-refractivity contribution < 1.29 is 27.9 Å². The van der Waals surface area contributed by atoms with Crippen molar-refractivity contribution >= 4 is 29.4 Å². The molecule has 1 aromatic rings. The van der Waals surface area contributed by atoms with E-state index in [1.165, 1.54) is 11.8 Å². The van der Waals surface area contributed by atoms with E-state index in [9.17, 15) is 22.8 Å². The lowest BCUT2D eigenvalue weighted by Gasteiger charge is -2.21. The second-order valence-corrected chi connectivity index (χ2v) is 5.00. The van der Waals surface area contributed by atoms with E-state index in [0.717, 1.165) is 4.90 Å². The Kier molecular flexibility index (Phi) is 4.07. The van der Waals surface area contributed by atoms with Crippen LogP contribution in [0.25, 0.3) is 0 Å². The van der Waals surface area contributed by atoms with E-state index in [0.29, 0.717) is 12.1 Å². The van der Waals surface area contributed by atoms with Gasteiger partial charge in [-0.25, -0.2) is 22.8 Å². The maximum atomic E-state index is 13.4. The number of carboxylic acids is 1. The van der Waals surface area contributed by atoms with Crippen LogP contribution >= 0.6 is 11.8 Å². The molecule has 20 heavy (non-hydrogen) atoms. The smallest absolute Gasteiger partial charge is 0.327 e. The van der Waals surface area contributed by atoms with Crippen LogP contribution < -0.4 is 5.32 Å². The maximum absolute atomic E-state index is 13.4. The summed E-state index contributed by atoms with van der Waals surface area (Å²) in [5, 5.41) is 10.8. The highest BCUT2D eigenvalue weighted by atomic mass is 32.2. The highest BCUT2D eigenvalue weighted by Crippen LogP contribution is 2.24. The molecule has 1 heterocycles. The summed E-state index contributed by atoms with van der Waals surface area (Å²) in [5.74, 6) is -4.57. The van der Waals surface area contributed by atoms with E-state index in [4.69, 9.17) is 5.11 Å². The topological polar surface area (TPSA) is 69.6 Å². The van der Waals surface area contributed by atoms with Crippen LogP contribution in [0.3, 0.4) is 0 Å². The Morgan fingerprint density at radius 1 is 1.30 bits per heavy atom. The number of nitrogens with one attached hydrogen (secondary N) is 1. The van der Waals surface area contributed by atoms with Gasteiger partial charge in [-0.2, -0.15) is 0 Å². The molecule has 0 radical (unpaired) electrons. The van der Waals surface area contributed by atoms with Gasteiger partial charge in [-0.15, -0.1) is 11.8 Å². The summed E-state index contributed by atoms with van der Waals surface area (Å²) in [6, 6.07) is -1.17. The lowest BCUT2D eigenvalue weighted by atomic mass is 10.2. The third kappa shape index (κ3) is 2.82. The average molecular weight is 306 g/mol. The number of nitrogens with zero attached hydrogens (tertiary/aromatic N) is 1. The predicted octanol–water partition coefficient (Wildman–Crippen LogP) is 2.10. The molecule has 108 valence electrons. The Morgan fingerprint density at radius 2 is 1.90 bits per heavy atom. The molecule has 1 aliphatic rings.